The average molecular weight is 443 g/mol. The third-order valence-corrected chi connectivity index (χ3v) is 6.89. The van der Waals surface area contributed by atoms with Crippen LogP contribution in [-0.2, 0) is 6.18 Å². The zero-order valence-corrected chi connectivity index (χ0v) is 17.5. The van der Waals surface area contributed by atoms with Gasteiger partial charge in [-0.25, -0.2) is 0 Å². The Morgan fingerprint density at radius 3 is 2.44 bits per heavy atom. The maximum Gasteiger partial charge on any atom is 0.417 e. The van der Waals surface area contributed by atoms with E-state index in [1.807, 2.05) is 23.1 Å². The van der Waals surface area contributed by atoms with E-state index in [-0.39, 0.29) is 23.8 Å². The first-order valence-electron chi connectivity index (χ1n) is 10.6. The number of aliphatic hydroxyl groups is 1. The number of carbonyl (C=O) groups excluding carboxylic acids is 1. The molecule has 0 aromatic heterocycles. The molecule has 1 atom stereocenters. The minimum atomic E-state index is -4.61. The summed E-state index contributed by atoms with van der Waals surface area (Å²) in [6, 6.07) is 14.4. The van der Waals surface area contributed by atoms with Gasteiger partial charge in [0.1, 0.15) is 0 Å². The molecule has 4 rings (SSSR count). The first kappa shape index (κ1) is 22.2. The molecule has 1 unspecified atom stereocenters. The fraction of sp³-hybridized carbons (Fsp3) is 0.417. The molecule has 5 nitrogen and oxygen atoms in total. The van der Waals surface area contributed by atoms with E-state index in [9.17, 15) is 23.1 Å². The van der Waals surface area contributed by atoms with E-state index in [4.69, 9.17) is 5.26 Å². The summed E-state index contributed by atoms with van der Waals surface area (Å²) in [4.78, 5) is 16.4. The smallest absolute Gasteiger partial charge is 0.396 e. The number of amides is 1. The number of piperidine rings is 1. The predicted molar refractivity (Wildman–Crippen MR) is 113 cm³/mol. The Bertz CT molecular complexity index is 1030. The number of halogens is 3. The fourth-order valence-electron chi connectivity index (χ4n) is 5.03. The van der Waals surface area contributed by atoms with Crippen molar-refractivity contribution in [3.63, 3.8) is 0 Å². The molecule has 168 valence electrons. The number of rotatable bonds is 3. The maximum atomic E-state index is 13.4. The molecule has 8 heteroatoms. The SMILES string of the molecule is N#Cc1ccc(N2CC(CO)C3(CCN(C(=O)c4ccccc4)CC3)C2)cc1C(F)(F)F. The van der Waals surface area contributed by atoms with Crippen LogP contribution in [0.3, 0.4) is 0 Å². The van der Waals surface area contributed by atoms with Gasteiger partial charge in [-0.2, -0.15) is 18.4 Å². The van der Waals surface area contributed by atoms with Crippen molar-refractivity contribution in [1.82, 2.24) is 4.90 Å². The molecule has 2 aliphatic heterocycles. The van der Waals surface area contributed by atoms with Gasteiger partial charge < -0.3 is 14.9 Å². The third-order valence-electron chi connectivity index (χ3n) is 6.89. The summed E-state index contributed by atoms with van der Waals surface area (Å²) in [7, 11) is 0. The van der Waals surface area contributed by atoms with Crippen LogP contribution in [0.2, 0.25) is 0 Å². The Morgan fingerprint density at radius 2 is 1.84 bits per heavy atom. The van der Waals surface area contributed by atoms with Crippen LogP contribution in [0.4, 0.5) is 18.9 Å². The molecule has 0 aliphatic carbocycles. The van der Waals surface area contributed by atoms with Gasteiger partial charge in [0.2, 0.25) is 0 Å². The highest BCUT2D eigenvalue weighted by atomic mass is 19.4. The Morgan fingerprint density at radius 1 is 1.16 bits per heavy atom. The predicted octanol–water partition coefficient (Wildman–Crippen LogP) is 3.93. The Balaban J connectivity index is 1.52. The second-order valence-corrected chi connectivity index (χ2v) is 8.62. The number of hydrogen-bond donors (Lipinski definition) is 1. The molecule has 1 spiro atoms. The number of nitriles is 1. The van der Waals surface area contributed by atoms with Gasteiger partial charge in [-0.15, -0.1) is 0 Å². The van der Waals surface area contributed by atoms with E-state index in [1.165, 1.54) is 12.1 Å². The van der Waals surface area contributed by atoms with E-state index in [0.29, 0.717) is 50.3 Å². The Hall–Kier alpha value is -3.05. The van der Waals surface area contributed by atoms with Crippen molar-refractivity contribution in [3.05, 3.63) is 65.2 Å². The monoisotopic (exact) mass is 443 g/mol. The Kier molecular flexibility index (Phi) is 5.87. The highest BCUT2D eigenvalue weighted by molar-refractivity contribution is 5.94. The van der Waals surface area contributed by atoms with Crippen molar-refractivity contribution in [2.75, 3.05) is 37.7 Å². The standard InChI is InChI=1S/C24H24F3N3O2/c25-24(26,27)21-12-20(7-6-18(21)13-28)30-14-19(15-31)23(16-30)8-10-29(11-9-23)22(32)17-4-2-1-3-5-17/h1-7,12,19,31H,8-11,14-16H2. The van der Waals surface area contributed by atoms with Crippen LogP contribution < -0.4 is 4.90 Å². The Labute approximate surface area is 184 Å². The fourth-order valence-corrected chi connectivity index (χ4v) is 5.03. The maximum absolute atomic E-state index is 13.4. The average Bonchev–Trinajstić information content (AvgIpc) is 3.16. The second-order valence-electron chi connectivity index (χ2n) is 8.62. The van der Waals surface area contributed by atoms with Crippen LogP contribution in [0.15, 0.2) is 48.5 Å². The lowest BCUT2D eigenvalue weighted by Gasteiger charge is -2.42. The molecule has 32 heavy (non-hydrogen) atoms. The molecular formula is C24H24F3N3O2. The summed E-state index contributed by atoms with van der Waals surface area (Å²) < 4.78 is 40.2. The molecule has 2 aromatic carbocycles. The number of hydrogen-bond acceptors (Lipinski definition) is 4. The minimum absolute atomic E-state index is 0.0298. The van der Waals surface area contributed by atoms with E-state index in [1.54, 1.807) is 23.1 Å². The van der Waals surface area contributed by atoms with Crippen LogP contribution in [0, 0.1) is 22.7 Å². The third kappa shape index (κ3) is 4.05. The van der Waals surface area contributed by atoms with Gasteiger partial charge >= 0.3 is 6.18 Å². The van der Waals surface area contributed by atoms with Crippen molar-refractivity contribution >= 4 is 11.6 Å². The second kappa shape index (κ2) is 8.47. The highest BCUT2D eigenvalue weighted by Gasteiger charge is 2.48. The van der Waals surface area contributed by atoms with Gasteiger partial charge in [-0.1, -0.05) is 18.2 Å². The summed E-state index contributed by atoms with van der Waals surface area (Å²) in [5, 5.41) is 19.1. The molecule has 1 N–H and O–H groups in total. The molecule has 2 saturated heterocycles. The van der Waals surface area contributed by atoms with Crippen LogP contribution in [0.25, 0.3) is 0 Å². The number of nitrogens with zero attached hydrogens (tertiary/aromatic N) is 3. The summed E-state index contributed by atoms with van der Waals surface area (Å²) in [5.41, 5.74) is -0.583. The molecule has 1 amide bonds. The quantitative estimate of drug-likeness (QED) is 0.781. The van der Waals surface area contributed by atoms with Crippen molar-refractivity contribution in [2.45, 2.75) is 19.0 Å². The first-order chi connectivity index (χ1) is 15.3. The minimum Gasteiger partial charge on any atom is -0.396 e. The first-order valence-corrected chi connectivity index (χ1v) is 10.6. The van der Waals surface area contributed by atoms with Gasteiger partial charge in [-0.05, 0) is 48.6 Å². The zero-order valence-electron chi connectivity index (χ0n) is 17.5. The van der Waals surface area contributed by atoms with Gasteiger partial charge in [0, 0.05) is 50.0 Å². The van der Waals surface area contributed by atoms with E-state index < -0.39 is 17.3 Å². The molecule has 0 saturated carbocycles. The lowest BCUT2D eigenvalue weighted by Crippen LogP contribution is -2.47. The normalized spacial score (nSPS) is 20.4. The lowest BCUT2D eigenvalue weighted by atomic mass is 9.71. The van der Waals surface area contributed by atoms with Crippen LogP contribution in [0.5, 0.6) is 0 Å². The summed E-state index contributed by atoms with van der Waals surface area (Å²) in [6.07, 6.45) is -3.26. The molecule has 2 fully saturated rings. The summed E-state index contributed by atoms with van der Waals surface area (Å²) in [6.45, 7) is 1.96. The number of anilines is 1. The van der Waals surface area contributed by atoms with Crippen LogP contribution in [-0.4, -0.2) is 48.7 Å². The molecule has 2 aliphatic rings. The van der Waals surface area contributed by atoms with Gasteiger partial charge in [0.15, 0.2) is 0 Å². The highest BCUT2D eigenvalue weighted by Crippen LogP contribution is 2.46. The number of alkyl halides is 3. The van der Waals surface area contributed by atoms with Crippen LogP contribution in [0.1, 0.15) is 34.3 Å². The van der Waals surface area contributed by atoms with E-state index in [2.05, 4.69) is 0 Å². The summed E-state index contributed by atoms with van der Waals surface area (Å²) >= 11 is 0. The van der Waals surface area contributed by atoms with Gasteiger partial charge in [-0.3, -0.25) is 4.79 Å². The van der Waals surface area contributed by atoms with Gasteiger partial charge in [0.05, 0.1) is 17.2 Å². The van der Waals surface area contributed by atoms with Crippen molar-refractivity contribution < 1.29 is 23.1 Å². The lowest BCUT2D eigenvalue weighted by molar-refractivity contribution is -0.137. The molecule has 0 radical (unpaired) electrons. The largest absolute Gasteiger partial charge is 0.417 e. The number of benzene rings is 2. The topological polar surface area (TPSA) is 67.6 Å². The zero-order chi connectivity index (χ0) is 22.9. The summed E-state index contributed by atoms with van der Waals surface area (Å²) in [5.74, 6) is -0.126. The van der Waals surface area contributed by atoms with Gasteiger partial charge in [0.25, 0.3) is 5.91 Å². The molecular weight excluding hydrogens is 419 g/mol. The number of aliphatic hydroxyl groups excluding tert-OH is 1. The van der Waals surface area contributed by atoms with E-state index >= 15 is 0 Å². The van der Waals surface area contributed by atoms with Crippen molar-refractivity contribution in [1.29, 1.82) is 5.26 Å². The van der Waals surface area contributed by atoms with Crippen molar-refractivity contribution in [3.8, 4) is 6.07 Å². The molecule has 2 heterocycles. The number of carbonyl (C=O) groups is 1. The van der Waals surface area contributed by atoms with E-state index in [0.717, 1.165) is 6.07 Å². The molecule has 0 bridgehead atoms. The number of likely N-dealkylation sites (tertiary alicyclic amines) is 1. The van der Waals surface area contributed by atoms with Crippen molar-refractivity contribution in [2.24, 2.45) is 11.3 Å². The molecule has 2 aromatic rings. The van der Waals surface area contributed by atoms with Crippen LogP contribution >= 0.6 is 0 Å².